The molecule has 0 amide bonds. The zero-order valence-electron chi connectivity index (χ0n) is 21.7. The maximum absolute atomic E-state index is 4.07. The van der Waals surface area contributed by atoms with Crippen molar-refractivity contribution in [2.75, 3.05) is 4.90 Å². The van der Waals surface area contributed by atoms with E-state index in [0.29, 0.717) is 0 Å². The van der Waals surface area contributed by atoms with Gasteiger partial charge < -0.3 is 4.90 Å². The van der Waals surface area contributed by atoms with Gasteiger partial charge in [0.15, 0.2) is 0 Å². The molecular weight excluding hydrogens is 470 g/mol. The summed E-state index contributed by atoms with van der Waals surface area (Å²) in [6, 6.07) is 55.7. The molecule has 0 saturated heterocycles. The minimum absolute atomic E-state index is 1.10. The number of anilines is 3. The summed E-state index contributed by atoms with van der Waals surface area (Å²) in [5.74, 6) is 0. The van der Waals surface area contributed by atoms with Gasteiger partial charge in [-0.05, 0) is 63.7 Å². The summed E-state index contributed by atoms with van der Waals surface area (Å²) >= 11 is 0. The van der Waals surface area contributed by atoms with Crippen molar-refractivity contribution in [2.45, 2.75) is 0 Å². The van der Waals surface area contributed by atoms with E-state index in [1.807, 2.05) is 6.08 Å². The summed E-state index contributed by atoms with van der Waals surface area (Å²) in [6.07, 6.45) is 1.93. The average molecular weight is 500 g/mol. The Hall–Kier alpha value is -5.14. The van der Waals surface area contributed by atoms with Crippen LogP contribution in [-0.4, -0.2) is 0 Å². The van der Waals surface area contributed by atoms with E-state index in [0.717, 1.165) is 33.8 Å². The van der Waals surface area contributed by atoms with Crippen LogP contribution >= 0.6 is 0 Å². The first kappa shape index (κ1) is 24.2. The standard InChI is InChI=1S/C38H29N/c1-2-29-13-9-10-18-36(29)37-19-11-12-20-38(37)39(34-25-21-32(22-26-34)30-14-5-3-6-15-30)35-27-23-33(24-28-35)31-16-7-4-8-17-31/h2-28H,1H2. The number of benzene rings is 6. The van der Waals surface area contributed by atoms with Gasteiger partial charge in [-0.1, -0.05) is 140 Å². The summed E-state index contributed by atoms with van der Waals surface area (Å²) in [7, 11) is 0. The quantitative estimate of drug-likeness (QED) is 0.211. The van der Waals surface area contributed by atoms with Gasteiger partial charge in [0.05, 0.1) is 5.69 Å². The third-order valence-electron chi connectivity index (χ3n) is 7.08. The first-order valence-corrected chi connectivity index (χ1v) is 13.2. The Balaban J connectivity index is 1.49. The molecule has 39 heavy (non-hydrogen) atoms. The molecule has 6 aromatic carbocycles. The minimum Gasteiger partial charge on any atom is -0.310 e. The van der Waals surface area contributed by atoms with Gasteiger partial charge in [0.1, 0.15) is 0 Å². The van der Waals surface area contributed by atoms with Crippen molar-refractivity contribution < 1.29 is 0 Å². The zero-order valence-corrected chi connectivity index (χ0v) is 21.7. The van der Waals surface area contributed by atoms with E-state index in [9.17, 15) is 0 Å². The molecule has 186 valence electrons. The highest BCUT2D eigenvalue weighted by molar-refractivity contribution is 5.91. The Kier molecular flexibility index (Phi) is 6.88. The lowest BCUT2D eigenvalue weighted by Gasteiger charge is -2.28. The second-order valence-corrected chi connectivity index (χ2v) is 9.47. The number of rotatable bonds is 7. The SMILES string of the molecule is C=Cc1ccccc1-c1ccccc1N(c1ccc(-c2ccccc2)cc1)c1ccc(-c2ccccc2)cc1. The fourth-order valence-corrected chi connectivity index (χ4v) is 5.11. The van der Waals surface area contributed by atoms with Crippen molar-refractivity contribution in [1.29, 1.82) is 0 Å². The Morgan fingerprint density at radius 3 is 1.31 bits per heavy atom. The molecule has 0 aliphatic rings. The lowest BCUT2D eigenvalue weighted by Crippen LogP contribution is -2.11. The van der Waals surface area contributed by atoms with E-state index in [1.54, 1.807) is 0 Å². The van der Waals surface area contributed by atoms with Crippen molar-refractivity contribution in [2.24, 2.45) is 0 Å². The molecular formula is C38H29N. The zero-order chi connectivity index (χ0) is 26.4. The lowest BCUT2D eigenvalue weighted by atomic mass is 9.96. The fraction of sp³-hybridized carbons (Fsp3) is 0. The molecule has 0 aliphatic carbocycles. The van der Waals surface area contributed by atoms with Crippen LogP contribution in [0.1, 0.15) is 5.56 Å². The predicted molar refractivity (Wildman–Crippen MR) is 168 cm³/mol. The van der Waals surface area contributed by atoms with Crippen LogP contribution in [0.5, 0.6) is 0 Å². The second-order valence-electron chi connectivity index (χ2n) is 9.47. The Morgan fingerprint density at radius 1 is 0.385 bits per heavy atom. The van der Waals surface area contributed by atoms with Crippen molar-refractivity contribution in [3.05, 3.63) is 170 Å². The molecule has 0 radical (unpaired) electrons. The molecule has 0 fully saturated rings. The molecule has 0 aromatic heterocycles. The van der Waals surface area contributed by atoms with E-state index >= 15 is 0 Å². The minimum atomic E-state index is 1.10. The van der Waals surface area contributed by atoms with Crippen molar-refractivity contribution >= 4 is 23.1 Å². The largest absolute Gasteiger partial charge is 0.310 e. The summed E-state index contributed by atoms with van der Waals surface area (Å²) < 4.78 is 0. The summed E-state index contributed by atoms with van der Waals surface area (Å²) in [5.41, 5.74) is 11.6. The van der Waals surface area contributed by atoms with Crippen LogP contribution in [0.25, 0.3) is 39.5 Å². The number of hydrogen-bond donors (Lipinski definition) is 0. The third-order valence-corrected chi connectivity index (χ3v) is 7.08. The summed E-state index contributed by atoms with van der Waals surface area (Å²) in [6.45, 7) is 4.07. The predicted octanol–water partition coefficient (Wildman–Crippen LogP) is 10.8. The molecule has 1 heteroatoms. The van der Waals surface area contributed by atoms with Crippen molar-refractivity contribution in [3.8, 4) is 33.4 Å². The Morgan fingerprint density at radius 2 is 0.795 bits per heavy atom. The number of hydrogen-bond acceptors (Lipinski definition) is 1. The monoisotopic (exact) mass is 499 g/mol. The normalized spacial score (nSPS) is 10.7. The van der Waals surface area contributed by atoms with Crippen molar-refractivity contribution in [1.82, 2.24) is 0 Å². The van der Waals surface area contributed by atoms with Gasteiger partial charge >= 0.3 is 0 Å². The van der Waals surface area contributed by atoms with E-state index in [-0.39, 0.29) is 0 Å². The van der Waals surface area contributed by atoms with Gasteiger partial charge in [-0.25, -0.2) is 0 Å². The first-order valence-electron chi connectivity index (χ1n) is 13.2. The molecule has 6 aromatic rings. The van der Waals surface area contributed by atoms with Crippen LogP contribution < -0.4 is 4.90 Å². The molecule has 0 saturated carbocycles. The molecule has 0 heterocycles. The van der Waals surface area contributed by atoms with Crippen LogP contribution in [0.15, 0.2) is 164 Å². The summed E-state index contributed by atoms with van der Waals surface area (Å²) in [4.78, 5) is 2.35. The van der Waals surface area contributed by atoms with Gasteiger partial charge in [-0.15, -0.1) is 0 Å². The van der Waals surface area contributed by atoms with Gasteiger partial charge in [0.25, 0.3) is 0 Å². The van der Waals surface area contributed by atoms with E-state index in [1.165, 1.54) is 22.3 Å². The van der Waals surface area contributed by atoms with Crippen LogP contribution in [-0.2, 0) is 0 Å². The molecule has 6 rings (SSSR count). The highest BCUT2D eigenvalue weighted by Crippen LogP contribution is 2.42. The average Bonchev–Trinajstić information content (AvgIpc) is 3.03. The van der Waals surface area contributed by atoms with Gasteiger partial charge in [0.2, 0.25) is 0 Å². The molecule has 0 aliphatic heterocycles. The lowest BCUT2D eigenvalue weighted by molar-refractivity contribution is 1.28. The maximum atomic E-state index is 4.07. The molecule has 1 nitrogen and oxygen atoms in total. The van der Waals surface area contributed by atoms with E-state index < -0.39 is 0 Å². The van der Waals surface area contributed by atoms with E-state index in [2.05, 4.69) is 169 Å². The number of nitrogens with zero attached hydrogens (tertiary/aromatic N) is 1. The highest BCUT2D eigenvalue weighted by atomic mass is 15.1. The fourth-order valence-electron chi connectivity index (χ4n) is 5.11. The highest BCUT2D eigenvalue weighted by Gasteiger charge is 2.18. The third kappa shape index (κ3) is 5.03. The molecule has 0 atom stereocenters. The Bertz CT molecular complexity index is 1600. The number of para-hydroxylation sites is 1. The topological polar surface area (TPSA) is 3.24 Å². The van der Waals surface area contributed by atoms with Crippen LogP contribution in [0.3, 0.4) is 0 Å². The molecule has 0 N–H and O–H groups in total. The smallest absolute Gasteiger partial charge is 0.0540 e. The van der Waals surface area contributed by atoms with E-state index in [4.69, 9.17) is 0 Å². The second kappa shape index (κ2) is 11.1. The molecule has 0 bridgehead atoms. The van der Waals surface area contributed by atoms with Gasteiger partial charge in [0, 0.05) is 16.9 Å². The van der Waals surface area contributed by atoms with Gasteiger partial charge in [-0.3, -0.25) is 0 Å². The van der Waals surface area contributed by atoms with Crippen LogP contribution in [0.4, 0.5) is 17.1 Å². The maximum Gasteiger partial charge on any atom is 0.0540 e. The van der Waals surface area contributed by atoms with Crippen LogP contribution in [0, 0.1) is 0 Å². The first-order chi connectivity index (χ1) is 19.3. The van der Waals surface area contributed by atoms with Gasteiger partial charge in [-0.2, -0.15) is 0 Å². The van der Waals surface area contributed by atoms with Crippen molar-refractivity contribution in [3.63, 3.8) is 0 Å². The van der Waals surface area contributed by atoms with Crippen LogP contribution in [0.2, 0.25) is 0 Å². The molecule has 0 unspecified atom stereocenters. The summed E-state index contributed by atoms with van der Waals surface area (Å²) in [5, 5.41) is 0. The molecule has 0 spiro atoms. The Labute approximate surface area is 231 Å².